The van der Waals surface area contributed by atoms with E-state index in [1.807, 2.05) is 17.0 Å². The van der Waals surface area contributed by atoms with Gasteiger partial charge in [0.2, 0.25) is 4.80 Å². The summed E-state index contributed by atoms with van der Waals surface area (Å²) in [7, 11) is -1.87. The zero-order valence-electron chi connectivity index (χ0n) is 13.7. The van der Waals surface area contributed by atoms with Crippen molar-refractivity contribution in [1.29, 1.82) is 0 Å². The molecule has 6 heteroatoms. The molecule has 0 aliphatic rings. The number of sulfonamides is 1. The van der Waals surface area contributed by atoms with Gasteiger partial charge in [-0.15, -0.1) is 15.7 Å². The van der Waals surface area contributed by atoms with Crippen molar-refractivity contribution in [3.63, 3.8) is 0 Å². The Kier molecular flexibility index (Phi) is 4.43. The second-order valence-corrected chi connectivity index (χ2v) is 8.10. The van der Waals surface area contributed by atoms with E-state index in [1.54, 1.807) is 30.3 Å². The van der Waals surface area contributed by atoms with Crippen molar-refractivity contribution in [3.8, 4) is 11.3 Å². The summed E-state index contributed by atoms with van der Waals surface area (Å²) in [5.41, 5.74) is 4.39. The summed E-state index contributed by atoms with van der Waals surface area (Å²) in [6.07, 6.45) is 0. The molecule has 0 aliphatic carbocycles. The molecule has 24 heavy (non-hydrogen) atoms. The number of nitrogens with zero attached hydrogens (tertiary/aromatic N) is 2. The molecule has 3 aromatic rings. The van der Waals surface area contributed by atoms with E-state index in [0.29, 0.717) is 4.80 Å². The van der Waals surface area contributed by atoms with E-state index in [1.165, 1.54) is 16.9 Å². The van der Waals surface area contributed by atoms with Gasteiger partial charge in [0.1, 0.15) is 0 Å². The van der Waals surface area contributed by atoms with Crippen LogP contribution in [0.1, 0.15) is 11.1 Å². The monoisotopic (exact) mass is 358 g/mol. The van der Waals surface area contributed by atoms with E-state index in [2.05, 4.69) is 36.4 Å². The largest absolute Gasteiger partial charge is 0.319 e. The summed E-state index contributed by atoms with van der Waals surface area (Å²) in [5, 5.41) is 1.94. The third kappa shape index (κ3) is 3.20. The fraction of sp³-hybridized carbons (Fsp3) is 0.167. The third-order valence-electron chi connectivity index (χ3n) is 3.82. The first kappa shape index (κ1) is 16.7. The first-order valence-electron chi connectivity index (χ1n) is 7.47. The molecular formula is C18H18N2O2S2. The lowest BCUT2D eigenvalue weighted by Gasteiger charge is -2.07. The summed E-state index contributed by atoms with van der Waals surface area (Å²) in [5.74, 6) is 0. The van der Waals surface area contributed by atoms with Gasteiger partial charge in [-0.1, -0.05) is 42.0 Å². The number of benzene rings is 2. The van der Waals surface area contributed by atoms with Gasteiger partial charge in [0, 0.05) is 18.0 Å². The number of aryl methyl sites for hydroxylation is 2. The number of thiazole rings is 1. The van der Waals surface area contributed by atoms with Crippen molar-refractivity contribution in [2.75, 3.05) is 0 Å². The normalized spacial score (nSPS) is 12.5. The van der Waals surface area contributed by atoms with E-state index >= 15 is 0 Å². The van der Waals surface area contributed by atoms with Crippen LogP contribution in [0.3, 0.4) is 0 Å². The Morgan fingerprint density at radius 2 is 1.75 bits per heavy atom. The SMILES string of the molecule is Cc1ccc(-c2cs/c(=N/S(=O)(=O)c3ccccc3)n2C)c(C)c1. The van der Waals surface area contributed by atoms with Crippen LogP contribution in [0.4, 0.5) is 0 Å². The number of hydrogen-bond donors (Lipinski definition) is 0. The molecule has 124 valence electrons. The maximum absolute atomic E-state index is 12.4. The highest BCUT2D eigenvalue weighted by Crippen LogP contribution is 2.24. The highest BCUT2D eigenvalue weighted by molar-refractivity contribution is 7.90. The van der Waals surface area contributed by atoms with Gasteiger partial charge in [-0.2, -0.15) is 8.42 Å². The van der Waals surface area contributed by atoms with E-state index < -0.39 is 10.0 Å². The number of aromatic nitrogens is 1. The van der Waals surface area contributed by atoms with E-state index in [-0.39, 0.29) is 4.90 Å². The Hall–Kier alpha value is -2.18. The molecule has 0 fully saturated rings. The standard InChI is InChI=1S/C18H18N2O2S2/c1-13-9-10-16(14(2)11-13)17-12-23-18(20(17)3)19-24(21,22)15-7-5-4-6-8-15/h4-12H,1-3H3/b19-18+. The Bertz CT molecular complexity index is 1050. The first-order valence-corrected chi connectivity index (χ1v) is 9.79. The van der Waals surface area contributed by atoms with Crippen molar-refractivity contribution in [2.45, 2.75) is 18.7 Å². The lowest BCUT2D eigenvalue weighted by Crippen LogP contribution is -2.14. The van der Waals surface area contributed by atoms with E-state index in [4.69, 9.17) is 0 Å². The van der Waals surface area contributed by atoms with E-state index in [0.717, 1.165) is 16.8 Å². The predicted octanol–water partition coefficient (Wildman–Crippen LogP) is 3.66. The summed E-state index contributed by atoms with van der Waals surface area (Å²) in [6.45, 7) is 4.11. The molecule has 1 heterocycles. The van der Waals surface area contributed by atoms with Crippen molar-refractivity contribution in [1.82, 2.24) is 4.57 Å². The number of rotatable bonds is 3. The van der Waals surface area contributed by atoms with Gasteiger partial charge in [-0.3, -0.25) is 0 Å². The first-order chi connectivity index (χ1) is 11.4. The van der Waals surface area contributed by atoms with Crippen LogP contribution in [0.5, 0.6) is 0 Å². The predicted molar refractivity (Wildman–Crippen MR) is 97.4 cm³/mol. The van der Waals surface area contributed by atoms with Crippen LogP contribution < -0.4 is 4.80 Å². The minimum Gasteiger partial charge on any atom is -0.319 e. The molecule has 0 bridgehead atoms. The van der Waals surface area contributed by atoms with Crippen molar-refractivity contribution in [3.05, 3.63) is 69.8 Å². The lowest BCUT2D eigenvalue weighted by molar-refractivity contribution is 0.596. The molecule has 0 unspecified atom stereocenters. The Balaban J connectivity index is 2.11. The van der Waals surface area contributed by atoms with Gasteiger partial charge < -0.3 is 4.57 Å². The molecule has 4 nitrogen and oxygen atoms in total. The molecule has 1 aromatic heterocycles. The van der Waals surface area contributed by atoms with Gasteiger partial charge in [-0.05, 0) is 31.5 Å². The second kappa shape index (κ2) is 6.37. The van der Waals surface area contributed by atoms with Crippen LogP contribution in [-0.2, 0) is 17.1 Å². The third-order valence-corrected chi connectivity index (χ3v) is 6.14. The van der Waals surface area contributed by atoms with Gasteiger partial charge in [-0.25, -0.2) is 0 Å². The quantitative estimate of drug-likeness (QED) is 0.717. The topological polar surface area (TPSA) is 51.4 Å². The molecule has 0 atom stereocenters. The average molecular weight is 358 g/mol. The summed E-state index contributed by atoms with van der Waals surface area (Å²) < 4.78 is 30.7. The highest BCUT2D eigenvalue weighted by atomic mass is 32.2. The Labute approximate surface area is 145 Å². The van der Waals surface area contributed by atoms with Crippen LogP contribution >= 0.6 is 11.3 Å². The second-order valence-electron chi connectivity index (χ2n) is 5.66. The van der Waals surface area contributed by atoms with Crippen molar-refractivity contribution < 1.29 is 8.42 Å². The molecule has 0 radical (unpaired) electrons. The van der Waals surface area contributed by atoms with Crippen LogP contribution in [0.25, 0.3) is 11.3 Å². The summed E-state index contributed by atoms with van der Waals surface area (Å²) in [6, 6.07) is 14.5. The van der Waals surface area contributed by atoms with Crippen LogP contribution in [0, 0.1) is 13.8 Å². The van der Waals surface area contributed by atoms with Crippen molar-refractivity contribution >= 4 is 21.4 Å². The van der Waals surface area contributed by atoms with Crippen LogP contribution in [0.2, 0.25) is 0 Å². The fourth-order valence-electron chi connectivity index (χ4n) is 2.55. The van der Waals surface area contributed by atoms with Gasteiger partial charge in [0.05, 0.1) is 10.6 Å². The smallest absolute Gasteiger partial charge is 0.285 e. The zero-order valence-corrected chi connectivity index (χ0v) is 15.4. The van der Waals surface area contributed by atoms with Gasteiger partial charge >= 0.3 is 0 Å². The van der Waals surface area contributed by atoms with E-state index in [9.17, 15) is 8.42 Å². The maximum atomic E-state index is 12.4. The zero-order chi connectivity index (χ0) is 17.3. The van der Waals surface area contributed by atoms with Gasteiger partial charge in [0.25, 0.3) is 10.0 Å². The van der Waals surface area contributed by atoms with Crippen molar-refractivity contribution in [2.24, 2.45) is 11.4 Å². The lowest BCUT2D eigenvalue weighted by atomic mass is 10.0. The average Bonchev–Trinajstić information content (AvgIpc) is 2.89. The molecule has 2 aromatic carbocycles. The fourth-order valence-corrected chi connectivity index (χ4v) is 4.71. The molecule has 0 N–H and O–H groups in total. The summed E-state index contributed by atoms with van der Waals surface area (Å²) in [4.78, 5) is 0.653. The highest BCUT2D eigenvalue weighted by Gasteiger charge is 2.14. The minimum absolute atomic E-state index is 0.200. The van der Waals surface area contributed by atoms with Gasteiger partial charge in [0.15, 0.2) is 0 Å². The number of hydrogen-bond acceptors (Lipinski definition) is 3. The molecule has 0 saturated heterocycles. The summed E-state index contributed by atoms with van der Waals surface area (Å²) >= 11 is 1.32. The molecule has 0 spiro atoms. The Morgan fingerprint density at radius 1 is 1.04 bits per heavy atom. The molecule has 3 rings (SSSR count). The van der Waals surface area contributed by atoms with Crippen LogP contribution in [-0.4, -0.2) is 13.0 Å². The maximum Gasteiger partial charge on any atom is 0.285 e. The Morgan fingerprint density at radius 3 is 2.42 bits per heavy atom. The molecule has 0 amide bonds. The van der Waals surface area contributed by atoms with Crippen LogP contribution in [0.15, 0.2) is 63.2 Å². The molecule has 0 aliphatic heterocycles. The molecular weight excluding hydrogens is 340 g/mol. The minimum atomic E-state index is -3.71. The molecule has 0 saturated carbocycles.